The summed E-state index contributed by atoms with van der Waals surface area (Å²) in [6.45, 7) is 6.33. The number of aryl methyl sites for hydroxylation is 1. The van der Waals surface area contributed by atoms with Crippen LogP contribution in [0.5, 0.6) is 5.75 Å². The molecule has 0 aliphatic heterocycles. The molecule has 1 aromatic carbocycles. The van der Waals surface area contributed by atoms with E-state index >= 15 is 0 Å². The average Bonchev–Trinajstić information content (AvgIpc) is 3.14. The summed E-state index contributed by atoms with van der Waals surface area (Å²) in [7, 11) is 5.86. The molecule has 6 nitrogen and oxygen atoms in total. The molecule has 2 aromatic rings. The van der Waals surface area contributed by atoms with E-state index in [-0.39, 0.29) is 30.0 Å². The van der Waals surface area contributed by atoms with Crippen LogP contribution < -0.4 is 15.4 Å². The van der Waals surface area contributed by atoms with Crippen LogP contribution in [-0.4, -0.2) is 50.1 Å². The molecule has 156 valence electrons. The van der Waals surface area contributed by atoms with Crippen molar-refractivity contribution in [1.29, 1.82) is 0 Å². The normalized spacial score (nSPS) is 12.4. The molecule has 1 atom stereocenters. The number of aromatic nitrogens is 1. The summed E-state index contributed by atoms with van der Waals surface area (Å²) in [5.41, 5.74) is 1.15. The first-order chi connectivity index (χ1) is 13.1. The molecule has 0 fully saturated rings. The second-order valence-electron chi connectivity index (χ2n) is 6.37. The summed E-state index contributed by atoms with van der Waals surface area (Å²) < 4.78 is 5.54. The van der Waals surface area contributed by atoms with Crippen molar-refractivity contribution in [2.45, 2.75) is 32.9 Å². The molecule has 8 heteroatoms. The van der Waals surface area contributed by atoms with Crippen molar-refractivity contribution in [3.63, 3.8) is 0 Å². The Morgan fingerprint density at radius 2 is 2.00 bits per heavy atom. The van der Waals surface area contributed by atoms with Gasteiger partial charge in [-0.2, -0.15) is 0 Å². The summed E-state index contributed by atoms with van der Waals surface area (Å²) >= 11 is 1.73. The highest BCUT2D eigenvalue weighted by atomic mass is 127. The number of thiazole rings is 1. The highest BCUT2D eigenvalue weighted by molar-refractivity contribution is 14.0. The molecular weight excluding hydrogens is 485 g/mol. The lowest BCUT2D eigenvalue weighted by Crippen LogP contribution is -2.41. The quantitative estimate of drug-likeness (QED) is 0.302. The molecule has 1 unspecified atom stereocenters. The van der Waals surface area contributed by atoms with E-state index in [0.29, 0.717) is 6.54 Å². The van der Waals surface area contributed by atoms with E-state index in [1.807, 2.05) is 24.4 Å². The van der Waals surface area contributed by atoms with Gasteiger partial charge in [0.2, 0.25) is 0 Å². The summed E-state index contributed by atoms with van der Waals surface area (Å²) in [6.07, 6.45) is 2.96. The van der Waals surface area contributed by atoms with Crippen LogP contribution in [0.2, 0.25) is 0 Å². The van der Waals surface area contributed by atoms with E-state index in [4.69, 9.17) is 9.73 Å². The van der Waals surface area contributed by atoms with E-state index < -0.39 is 0 Å². The fourth-order valence-corrected chi connectivity index (χ4v) is 3.57. The smallest absolute Gasteiger partial charge is 0.191 e. The van der Waals surface area contributed by atoms with Crippen LogP contribution in [0.3, 0.4) is 0 Å². The van der Waals surface area contributed by atoms with Gasteiger partial charge < -0.3 is 20.3 Å². The monoisotopic (exact) mass is 517 g/mol. The van der Waals surface area contributed by atoms with Gasteiger partial charge in [-0.25, -0.2) is 9.98 Å². The predicted octanol–water partition coefficient (Wildman–Crippen LogP) is 3.69. The van der Waals surface area contributed by atoms with E-state index in [2.05, 4.69) is 54.5 Å². The molecular formula is C20H32IN5OS. The SMILES string of the molecule is CCNC(=NCc1ncc(CC)s1)NCC(c1ccccc1OC)N(C)C.I. The zero-order chi connectivity index (χ0) is 19.6. The number of methoxy groups -OCH3 is 1. The van der Waals surface area contributed by atoms with E-state index in [0.717, 1.165) is 41.8 Å². The van der Waals surface area contributed by atoms with Crippen molar-refractivity contribution in [1.82, 2.24) is 20.5 Å². The maximum atomic E-state index is 5.54. The van der Waals surface area contributed by atoms with Crippen molar-refractivity contribution in [2.24, 2.45) is 4.99 Å². The van der Waals surface area contributed by atoms with Gasteiger partial charge in [-0.3, -0.25) is 0 Å². The molecule has 1 heterocycles. The second-order valence-corrected chi connectivity index (χ2v) is 7.57. The van der Waals surface area contributed by atoms with Gasteiger partial charge >= 0.3 is 0 Å². The summed E-state index contributed by atoms with van der Waals surface area (Å²) in [4.78, 5) is 12.6. The predicted molar refractivity (Wildman–Crippen MR) is 129 cm³/mol. The molecule has 1 aromatic heterocycles. The van der Waals surface area contributed by atoms with Crippen LogP contribution in [-0.2, 0) is 13.0 Å². The minimum atomic E-state index is 0. The Morgan fingerprint density at radius 3 is 2.61 bits per heavy atom. The number of hydrogen-bond acceptors (Lipinski definition) is 5. The van der Waals surface area contributed by atoms with Gasteiger partial charge in [0.1, 0.15) is 10.8 Å². The van der Waals surface area contributed by atoms with Crippen molar-refractivity contribution >= 4 is 41.3 Å². The maximum Gasteiger partial charge on any atom is 0.191 e. The third-order valence-electron chi connectivity index (χ3n) is 4.25. The Hall–Kier alpha value is -1.39. The maximum absolute atomic E-state index is 5.54. The average molecular weight is 517 g/mol. The number of benzene rings is 1. The first-order valence-electron chi connectivity index (χ1n) is 9.34. The number of ether oxygens (including phenoxy) is 1. The Morgan fingerprint density at radius 1 is 1.25 bits per heavy atom. The van der Waals surface area contributed by atoms with Crippen LogP contribution >= 0.6 is 35.3 Å². The van der Waals surface area contributed by atoms with Crippen molar-refractivity contribution in [3.05, 3.63) is 45.9 Å². The number of aliphatic imine (C=N–C) groups is 1. The fraction of sp³-hybridized carbons (Fsp3) is 0.500. The summed E-state index contributed by atoms with van der Waals surface area (Å²) in [5.74, 6) is 1.70. The van der Waals surface area contributed by atoms with Crippen LogP contribution in [0.1, 0.15) is 35.3 Å². The largest absolute Gasteiger partial charge is 0.496 e. The molecule has 0 aliphatic carbocycles. The molecule has 0 aliphatic rings. The first-order valence-corrected chi connectivity index (χ1v) is 10.2. The Kier molecular flexibility index (Phi) is 11.4. The third-order valence-corrected chi connectivity index (χ3v) is 5.38. The van der Waals surface area contributed by atoms with Crippen molar-refractivity contribution in [3.8, 4) is 5.75 Å². The van der Waals surface area contributed by atoms with Crippen molar-refractivity contribution < 1.29 is 4.74 Å². The van der Waals surface area contributed by atoms with Gasteiger partial charge in [0.15, 0.2) is 5.96 Å². The molecule has 0 spiro atoms. The molecule has 28 heavy (non-hydrogen) atoms. The van der Waals surface area contributed by atoms with Gasteiger partial charge in [0, 0.05) is 29.7 Å². The number of halogens is 1. The molecule has 2 rings (SSSR count). The van der Waals surface area contributed by atoms with Gasteiger partial charge in [-0.15, -0.1) is 35.3 Å². The van der Waals surface area contributed by atoms with Crippen LogP contribution in [0.15, 0.2) is 35.5 Å². The lowest BCUT2D eigenvalue weighted by atomic mass is 10.0. The number of nitrogens with zero attached hydrogens (tertiary/aromatic N) is 3. The molecule has 0 amide bonds. The fourth-order valence-electron chi connectivity index (χ4n) is 2.78. The molecule has 2 N–H and O–H groups in total. The Labute approximate surface area is 189 Å². The van der Waals surface area contributed by atoms with E-state index in [1.54, 1.807) is 18.4 Å². The minimum absolute atomic E-state index is 0. The first kappa shape index (κ1) is 24.6. The number of guanidine groups is 1. The van der Waals surface area contributed by atoms with E-state index in [1.165, 1.54) is 4.88 Å². The highest BCUT2D eigenvalue weighted by Crippen LogP contribution is 2.27. The standard InChI is InChI=1S/C20H31N5OS.HI/c1-6-15-12-22-19(27-15)14-24-20(21-7-2)23-13-17(25(3)4)16-10-8-9-11-18(16)26-5;/h8-12,17H,6-7,13-14H2,1-5H3,(H2,21,23,24);1H. The number of para-hydroxylation sites is 1. The third kappa shape index (κ3) is 7.21. The minimum Gasteiger partial charge on any atom is -0.496 e. The molecule has 0 radical (unpaired) electrons. The number of likely N-dealkylation sites (N-methyl/N-ethyl adjacent to an activating group) is 1. The van der Waals surface area contributed by atoms with Crippen LogP contribution in [0.4, 0.5) is 0 Å². The topological polar surface area (TPSA) is 61.8 Å². The zero-order valence-electron chi connectivity index (χ0n) is 17.4. The number of rotatable bonds is 9. The summed E-state index contributed by atoms with van der Waals surface area (Å²) in [5, 5.41) is 7.82. The molecule has 0 bridgehead atoms. The number of nitrogens with one attached hydrogen (secondary N) is 2. The van der Waals surface area contributed by atoms with Gasteiger partial charge in [-0.05, 0) is 33.5 Å². The van der Waals surface area contributed by atoms with Crippen LogP contribution in [0.25, 0.3) is 0 Å². The zero-order valence-corrected chi connectivity index (χ0v) is 20.5. The molecule has 0 saturated heterocycles. The van der Waals surface area contributed by atoms with Gasteiger partial charge in [0.05, 0.1) is 19.7 Å². The van der Waals surface area contributed by atoms with Gasteiger partial charge in [0.25, 0.3) is 0 Å². The number of hydrogen-bond donors (Lipinski definition) is 2. The Bertz CT molecular complexity index is 735. The second kappa shape index (κ2) is 12.9. The van der Waals surface area contributed by atoms with Gasteiger partial charge in [-0.1, -0.05) is 25.1 Å². The Balaban J connectivity index is 0.00000392. The lowest BCUT2D eigenvalue weighted by molar-refractivity contribution is 0.287. The molecule has 0 saturated carbocycles. The van der Waals surface area contributed by atoms with Crippen molar-refractivity contribution in [2.75, 3.05) is 34.3 Å². The lowest BCUT2D eigenvalue weighted by Gasteiger charge is -2.27. The van der Waals surface area contributed by atoms with E-state index in [9.17, 15) is 0 Å². The highest BCUT2D eigenvalue weighted by Gasteiger charge is 2.18. The van der Waals surface area contributed by atoms with Crippen LogP contribution in [0, 0.1) is 0 Å². The summed E-state index contributed by atoms with van der Waals surface area (Å²) in [6, 6.07) is 8.31.